The Morgan fingerprint density at radius 2 is 2.50 bits per heavy atom. The molecule has 10 heavy (non-hydrogen) atoms. The first-order chi connectivity index (χ1) is 4.70. The average Bonchev–Trinajstić information content (AvgIpc) is 1.88. The zero-order chi connectivity index (χ0) is 7.56. The summed E-state index contributed by atoms with van der Waals surface area (Å²) in [6.45, 7) is 0. The first-order valence-corrected chi connectivity index (χ1v) is 2.91. The maximum absolute atomic E-state index is 10.1. The number of aliphatic hydroxyl groups excluding tert-OH is 1. The summed E-state index contributed by atoms with van der Waals surface area (Å²) in [5.74, 6) is 0. The van der Waals surface area contributed by atoms with Crippen molar-refractivity contribution in [2.75, 3.05) is 0 Å². The molecule has 0 saturated heterocycles. The van der Waals surface area contributed by atoms with Crippen LogP contribution >= 0.6 is 0 Å². The van der Waals surface area contributed by atoms with E-state index in [4.69, 9.17) is 5.11 Å². The lowest BCUT2D eigenvalue weighted by atomic mass is 10.1. The molecule has 1 rings (SSSR count). The van der Waals surface area contributed by atoms with Crippen molar-refractivity contribution in [2.24, 2.45) is 0 Å². The van der Waals surface area contributed by atoms with Crippen LogP contribution in [-0.2, 0) is 0 Å². The van der Waals surface area contributed by atoms with E-state index in [-0.39, 0.29) is 5.70 Å². The second kappa shape index (κ2) is 2.62. The summed E-state index contributed by atoms with van der Waals surface area (Å²) < 4.78 is 0. The number of allylic oxidation sites excluding steroid dienone is 1. The Labute approximate surface area is 57.6 Å². The molecule has 0 spiro atoms. The summed E-state index contributed by atoms with van der Waals surface area (Å²) in [6, 6.07) is 0. The monoisotopic (exact) mass is 141 g/mol. The molecule has 0 aliphatic heterocycles. The minimum absolute atomic E-state index is 0.0605. The van der Waals surface area contributed by atoms with Crippen LogP contribution in [0.5, 0.6) is 0 Å². The molecule has 0 bridgehead atoms. The van der Waals surface area contributed by atoms with E-state index in [1.54, 1.807) is 0 Å². The molecular formula is C6H7NO3. The molecule has 1 atom stereocenters. The molecule has 4 nitrogen and oxygen atoms in total. The van der Waals surface area contributed by atoms with Crippen molar-refractivity contribution < 1.29 is 10.0 Å². The summed E-state index contributed by atoms with van der Waals surface area (Å²) in [6.07, 6.45) is 3.92. The van der Waals surface area contributed by atoms with Crippen molar-refractivity contribution in [3.8, 4) is 0 Å². The molecule has 0 radical (unpaired) electrons. The third kappa shape index (κ3) is 1.41. The van der Waals surface area contributed by atoms with E-state index < -0.39 is 11.0 Å². The van der Waals surface area contributed by atoms with Crippen molar-refractivity contribution in [3.05, 3.63) is 34.0 Å². The smallest absolute Gasteiger partial charge is 0.265 e. The molecule has 4 heteroatoms. The minimum Gasteiger partial charge on any atom is -0.389 e. The number of hydrogen-bond acceptors (Lipinski definition) is 3. The van der Waals surface area contributed by atoms with Gasteiger partial charge in [-0.2, -0.15) is 0 Å². The Morgan fingerprint density at radius 1 is 1.80 bits per heavy atom. The van der Waals surface area contributed by atoms with Gasteiger partial charge >= 0.3 is 0 Å². The Hall–Kier alpha value is -1.16. The van der Waals surface area contributed by atoms with Crippen LogP contribution in [-0.4, -0.2) is 16.1 Å². The topological polar surface area (TPSA) is 63.4 Å². The fourth-order valence-electron chi connectivity index (χ4n) is 0.733. The Bertz CT molecular complexity index is 207. The second-order valence-corrected chi connectivity index (χ2v) is 2.05. The molecule has 1 unspecified atom stereocenters. The van der Waals surface area contributed by atoms with Crippen LogP contribution in [0.15, 0.2) is 23.9 Å². The van der Waals surface area contributed by atoms with E-state index in [1.165, 1.54) is 18.2 Å². The normalized spacial score (nSPS) is 24.1. The first kappa shape index (κ1) is 6.95. The van der Waals surface area contributed by atoms with Crippen LogP contribution in [0.25, 0.3) is 0 Å². The van der Waals surface area contributed by atoms with Crippen LogP contribution in [0.3, 0.4) is 0 Å². The molecule has 0 aromatic rings. The van der Waals surface area contributed by atoms with Crippen LogP contribution in [0.4, 0.5) is 0 Å². The quantitative estimate of drug-likeness (QED) is 0.426. The number of hydrogen-bond donors (Lipinski definition) is 1. The molecule has 0 fully saturated rings. The van der Waals surface area contributed by atoms with Crippen LogP contribution in [0, 0.1) is 10.1 Å². The summed E-state index contributed by atoms with van der Waals surface area (Å²) in [4.78, 5) is 9.60. The molecule has 1 N–H and O–H groups in total. The highest BCUT2D eigenvalue weighted by Crippen LogP contribution is 2.09. The number of rotatable bonds is 1. The van der Waals surface area contributed by atoms with E-state index in [1.807, 2.05) is 0 Å². The summed E-state index contributed by atoms with van der Waals surface area (Å²) in [5.41, 5.74) is 0.0605. The van der Waals surface area contributed by atoms with Crippen LogP contribution in [0.2, 0.25) is 0 Å². The summed E-state index contributed by atoms with van der Waals surface area (Å²) >= 11 is 0. The van der Waals surface area contributed by atoms with E-state index in [0.717, 1.165) is 0 Å². The zero-order valence-corrected chi connectivity index (χ0v) is 5.23. The predicted octanol–water partition coefficient (Wildman–Crippen LogP) is 0.468. The Kier molecular flexibility index (Phi) is 1.82. The van der Waals surface area contributed by atoms with Gasteiger partial charge in [-0.15, -0.1) is 0 Å². The van der Waals surface area contributed by atoms with Gasteiger partial charge in [-0.1, -0.05) is 0 Å². The van der Waals surface area contributed by atoms with Gasteiger partial charge in [0.05, 0.1) is 11.0 Å². The summed E-state index contributed by atoms with van der Waals surface area (Å²) in [5, 5.41) is 18.9. The molecule has 0 amide bonds. The van der Waals surface area contributed by atoms with E-state index in [9.17, 15) is 10.1 Å². The Morgan fingerprint density at radius 3 is 2.90 bits per heavy atom. The fraction of sp³-hybridized carbons (Fsp3) is 0.333. The Balaban J connectivity index is 2.67. The molecule has 0 aromatic carbocycles. The maximum Gasteiger partial charge on any atom is 0.265 e. The molecule has 54 valence electrons. The van der Waals surface area contributed by atoms with Gasteiger partial charge in [-0.25, -0.2) is 0 Å². The first-order valence-electron chi connectivity index (χ1n) is 2.91. The predicted molar refractivity (Wildman–Crippen MR) is 34.8 cm³/mol. The summed E-state index contributed by atoms with van der Waals surface area (Å²) in [7, 11) is 0. The highest BCUT2D eigenvalue weighted by molar-refractivity contribution is 5.17. The number of nitro groups is 1. The van der Waals surface area contributed by atoms with Gasteiger partial charge in [0, 0.05) is 12.5 Å². The van der Waals surface area contributed by atoms with Gasteiger partial charge in [0.15, 0.2) is 0 Å². The van der Waals surface area contributed by atoms with Gasteiger partial charge in [0.2, 0.25) is 0 Å². The SMILES string of the molecule is O=[N+]([O-])C1=CCC(O)C=C1. The lowest BCUT2D eigenvalue weighted by Crippen LogP contribution is -2.07. The lowest BCUT2D eigenvalue weighted by Gasteiger charge is -2.04. The average molecular weight is 141 g/mol. The lowest BCUT2D eigenvalue weighted by molar-refractivity contribution is -0.419. The van der Waals surface area contributed by atoms with E-state index >= 15 is 0 Å². The van der Waals surface area contributed by atoms with Gasteiger partial charge in [0.25, 0.3) is 5.70 Å². The van der Waals surface area contributed by atoms with Crippen molar-refractivity contribution in [2.45, 2.75) is 12.5 Å². The molecule has 1 aliphatic rings. The van der Waals surface area contributed by atoms with Crippen molar-refractivity contribution in [3.63, 3.8) is 0 Å². The van der Waals surface area contributed by atoms with Crippen LogP contribution in [0.1, 0.15) is 6.42 Å². The molecule has 0 heterocycles. The van der Waals surface area contributed by atoms with E-state index in [2.05, 4.69) is 0 Å². The van der Waals surface area contributed by atoms with Gasteiger partial charge in [0.1, 0.15) is 0 Å². The zero-order valence-electron chi connectivity index (χ0n) is 5.23. The maximum atomic E-state index is 10.1. The van der Waals surface area contributed by atoms with Crippen LogP contribution < -0.4 is 0 Å². The molecule has 1 aliphatic carbocycles. The standard InChI is InChI=1S/C6H7NO3/c8-6-3-1-5(2-4-6)7(9)10/h1-3,6,8H,4H2. The number of aliphatic hydroxyl groups is 1. The van der Waals surface area contributed by atoms with Gasteiger partial charge in [-0.3, -0.25) is 10.1 Å². The second-order valence-electron chi connectivity index (χ2n) is 2.05. The highest BCUT2D eigenvalue weighted by Gasteiger charge is 2.11. The molecule has 0 aromatic heterocycles. The van der Waals surface area contributed by atoms with Crippen molar-refractivity contribution in [1.29, 1.82) is 0 Å². The van der Waals surface area contributed by atoms with Crippen molar-refractivity contribution >= 4 is 0 Å². The van der Waals surface area contributed by atoms with Crippen molar-refractivity contribution in [1.82, 2.24) is 0 Å². The minimum atomic E-state index is -0.552. The molecule has 0 saturated carbocycles. The van der Waals surface area contributed by atoms with E-state index in [0.29, 0.717) is 6.42 Å². The van der Waals surface area contributed by atoms with Gasteiger partial charge in [-0.05, 0) is 12.2 Å². The third-order valence-corrected chi connectivity index (χ3v) is 1.27. The third-order valence-electron chi connectivity index (χ3n) is 1.27. The van der Waals surface area contributed by atoms with Gasteiger partial charge < -0.3 is 5.11 Å². The largest absolute Gasteiger partial charge is 0.389 e. The number of nitrogens with zero attached hydrogens (tertiary/aromatic N) is 1. The fourth-order valence-corrected chi connectivity index (χ4v) is 0.733. The highest BCUT2D eigenvalue weighted by atomic mass is 16.6. The molecular weight excluding hydrogens is 134 g/mol.